The molecule has 3 heterocycles. The quantitative estimate of drug-likeness (QED) is 0.825. The molecule has 1 aliphatic heterocycles. The van der Waals surface area contributed by atoms with Gasteiger partial charge in [0, 0.05) is 0 Å². The van der Waals surface area contributed by atoms with Gasteiger partial charge in [-0.3, -0.25) is 0 Å². The van der Waals surface area contributed by atoms with E-state index in [4.69, 9.17) is 19.9 Å². The summed E-state index contributed by atoms with van der Waals surface area (Å²) in [4.78, 5) is 15.7. The highest BCUT2D eigenvalue weighted by molar-refractivity contribution is 5.65. The molecule has 2 aromatic heterocycles. The van der Waals surface area contributed by atoms with Crippen LogP contribution in [-0.4, -0.2) is 39.1 Å². The lowest BCUT2D eigenvalue weighted by atomic mass is 9.96. The maximum Gasteiger partial charge on any atom is 0.508 e. The number of hydrogen-bond acceptors (Lipinski definition) is 8. The van der Waals surface area contributed by atoms with Crippen LogP contribution in [0.3, 0.4) is 0 Å². The van der Waals surface area contributed by atoms with E-state index in [0.29, 0.717) is 24.2 Å². The van der Waals surface area contributed by atoms with E-state index in [1.54, 1.807) is 4.52 Å². The zero-order valence-corrected chi connectivity index (χ0v) is 14.1. The molecule has 0 spiro atoms. The summed E-state index contributed by atoms with van der Waals surface area (Å²) in [6, 6.07) is 5.81. The number of hydrogen-bond donors (Lipinski definition) is 1. The largest absolute Gasteiger partial charge is 0.508 e. The number of rotatable bonds is 4. The van der Waals surface area contributed by atoms with Crippen molar-refractivity contribution in [3.63, 3.8) is 0 Å². The molecule has 9 heteroatoms. The number of nitriles is 1. The summed E-state index contributed by atoms with van der Waals surface area (Å²) in [5.74, 6) is 0.373. The number of nitrogens with two attached hydrogens (primary N) is 1. The number of nitrogens with zero attached hydrogens (tertiary/aromatic N) is 4. The molecular weight excluding hydrogens is 338 g/mol. The Hall–Kier alpha value is -2.86. The third kappa shape index (κ3) is 2.93. The Morgan fingerprint density at radius 2 is 2.31 bits per heavy atom. The zero-order chi connectivity index (χ0) is 18.1. The third-order valence-corrected chi connectivity index (χ3v) is 4.96. The van der Waals surface area contributed by atoms with Crippen LogP contribution in [0.15, 0.2) is 18.5 Å². The van der Waals surface area contributed by atoms with E-state index in [2.05, 4.69) is 16.2 Å². The van der Waals surface area contributed by atoms with Crippen molar-refractivity contribution < 1.29 is 19.0 Å². The van der Waals surface area contributed by atoms with Gasteiger partial charge >= 0.3 is 6.16 Å². The Labute approximate surface area is 149 Å². The number of anilines is 1. The van der Waals surface area contributed by atoms with Crippen molar-refractivity contribution in [1.29, 1.82) is 5.26 Å². The van der Waals surface area contributed by atoms with Gasteiger partial charge in [-0.1, -0.05) is 0 Å². The molecule has 2 unspecified atom stereocenters. The standard InChI is InChI=1S/C17H19N5O4/c18-8-17(9-24-16(23)25-11-2-1-3-11)7-6-14(26-17)12-4-5-13-15(19)20-10-21-22(12)13/h4-5,10-11,14H,1-3,6-7,9H2,(H2,19,20,21). The molecule has 9 nitrogen and oxygen atoms in total. The number of carbonyl (C=O) groups excluding carboxylic acids is 1. The Bertz CT molecular complexity index is 872. The minimum Gasteiger partial charge on any atom is -0.431 e. The van der Waals surface area contributed by atoms with Gasteiger partial charge < -0.3 is 19.9 Å². The van der Waals surface area contributed by atoms with Crippen molar-refractivity contribution in [3.05, 3.63) is 24.2 Å². The lowest BCUT2D eigenvalue weighted by Gasteiger charge is -2.26. The molecule has 1 saturated carbocycles. The molecule has 0 amide bonds. The third-order valence-electron chi connectivity index (χ3n) is 4.96. The highest BCUT2D eigenvalue weighted by Gasteiger charge is 2.43. The summed E-state index contributed by atoms with van der Waals surface area (Å²) in [5, 5.41) is 13.8. The van der Waals surface area contributed by atoms with Gasteiger partial charge in [0.25, 0.3) is 0 Å². The van der Waals surface area contributed by atoms with Crippen LogP contribution in [0.4, 0.5) is 10.6 Å². The summed E-state index contributed by atoms with van der Waals surface area (Å²) in [5.41, 5.74) is 6.12. The van der Waals surface area contributed by atoms with Crippen LogP contribution in [0.25, 0.3) is 5.52 Å². The van der Waals surface area contributed by atoms with Crippen LogP contribution < -0.4 is 5.73 Å². The van der Waals surface area contributed by atoms with E-state index in [1.165, 1.54) is 6.33 Å². The molecule has 2 aliphatic rings. The molecule has 2 aromatic rings. The first-order valence-corrected chi connectivity index (χ1v) is 8.61. The maximum absolute atomic E-state index is 11.7. The Morgan fingerprint density at radius 1 is 1.46 bits per heavy atom. The first kappa shape index (κ1) is 16.6. The van der Waals surface area contributed by atoms with E-state index in [1.807, 2.05) is 12.1 Å². The van der Waals surface area contributed by atoms with Crippen LogP contribution >= 0.6 is 0 Å². The van der Waals surface area contributed by atoms with E-state index < -0.39 is 11.8 Å². The monoisotopic (exact) mass is 357 g/mol. The molecule has 0 aromatic carbocycles. The summed E-state index contributed by atoms with van der Waals surface area (Å²) >= 11 is 0. The second kappa shape index (κ2) is 6.46. The van der Waals surface area contributed by atoms with Crippen LogP contribution in [0.2, 0.25) is 0 Å². The average Bonchev–Trinajstić information content (AvgIpc) is 3.22. The summed E-state index contributed by atoms with van der Waals surface area (Å²) in [6.45, 7) is -0.161. The molecule has 2 atom stereocenters. The fraction of sp³-hybridized carbons (Fsp3) is 0.529. The van der Waals surface area contributed by atoms with Crippen molar-refractivity contribution in [2.75, 3.05) is 12.3 Å². The topological polar surface area (TPSA) is 125 Å². The first-order valence-electron chi connectivity index (χ1n) is 8.61. The van der Waals surface area contributed by atoms with Gasteiger partial charge in [0.05, 0.1) is 5.69 Å². The van der Waals surface area contributed by atoms with Gasteiger partial charge in [-0.05, 0) is 44.2 Å². The minimum absolute atomic E-state index is 0.0602. The fourth-order valence-corrected chi connectivity index (χ4v) is 3.23. The summed E-state index contributed by atoms with van der Waals surface area (Å²) in [6.07, 6.45) is 4.05. The fourth-order valence-electron chi connectivity index (χ4n) is 3.23. The average molecular weight is 357 g/mol. The van der Waals surface area contributed by atoms with Crippen LogP contribution in [0.5, 0.6) is 0 Å². The lowest BCUT2D eigenvalue weighted by molar-refractivity contribution is -0.0660. The number of aromatic nitrogens is 3. The number of fused-ring (bicyclic) bond motifs is 1. The number of nitrogen functional groups attached to an aromatic ring is 1. The predicted molar refractivity (Wildman–Crippen MR) is 88.9 cm³/mol. The normalized spacial score (nSPS) is 25.6. The van der Waals surface area contributed by atoms with Gasteiger partial charge in [0.15, 0.2) is 11.4 Å². The number of carbonyl (C=O) groups is 1. The van der Waals surface area contributed by atoms with Gasteiger partial charge in [-0.15, -0.1) is 0 Å². The van der Waals surface area contributed by atoms with Crippen LogP contribution in [0, 0.1) is 11.3 Å². The highest BCUT2D eigenvalue weighted by Crippen LogP contribution is 2.40. The minimum atomic E-state index is -1.19. The number of ether oxygens (including phenoxy) is 3. The molecule has 1 saturated heterocycles. The molecule has 2 N–H and O–H groups in total. The molecule has 26 heavy (non-hydrogen) atoms. The first-order chi connectivity index (χ1) is 12.6. The zero-order valence-electron chi connectivity index (χ0n) is 14.1. The summed E-state index contributed by atoms with van der Waals surface area (Å²) in [7, 11) is 0. The predicted octanol–water partition coefficient (Wildman–Crippen LogP) is 2.13. The van der Waals surface area contributed by atoms with Crippen molar-refractivity contribution in [1.82, 2.24) is 14.6 Å². The Morgan fingerprint density at radius 3 is 3.04 bits per heavy atom. The highest BCUT2D eigenvalue weighted by atomic mass is 16.7. The van der Waals surface area contributed by atoms with Crippen molar-refractivity contribution in [2.24, 2.45) is 0 Å². The Balaban J connectivity index is 1.44. The van der Waals surface area contributed by atoms with Gasteiger partial charge in [0.2, 0.25) is 0 Å². The lowest BCUT2D eigenvalue weighted by Crippen LogP contribution is -2.35. The molecule has 136 valence electrons. The summed E-state index contributed by atoms with van der Waals surface area (Å²) < 4.78 is 17.9. The van der Waals surface area contributed by atoms with Crippen LogP contribution in [0.1, 0.15) is 43.9 Å². The second-order valence-corrected chi connectivity index (χ2v) is 6.66. The second-order valence-electron chi connectivity index (χ2n) is 6.66. The van der Waals surface area contributed by atoms with Gasteiger partial charge in [-0.2, -0.15) is 10.4 Å². The van der Waals surface area contributed by atoms with Crippen molar-refractivity contribution >= 4 is 17.5 Å². The van der Waals surface area contributed by atoms with E-state index >= 15 is 0 Å². The molecule has 4 rings (SSSR count). The molecule has 0 radical (unpaired) electrons. The Kier molecular flexibility index (Phi) is 4.12. The van der Waals surface area contributed by atoms with Crippen LogP contribution in [-0.2, 0) is 14.2 Å². The smallest absolute Gasteiger partial charge is 0.431 e. The SMILES string of the molecule is N#CC1(COC(=O)OC2CCC2)CCC(c2ccc3c(N)ncnn23)O1. The van der Waals surface area contributed by atoms with Crippen molar-refractivity contribution in [2.45, 2.75) is 49.9 Å². The van der Waals surface area contributed by atoms with E-state index in [-0.39, 0.29) is 18.8 Å². The maximum atomic E-state index is 11.7. The molecular formula is C17H19N5O4. The molecule has 2 fully saturated rings. The van der Waals surface area contributed by atoms with E-state index in [0.717, 1.165) is 25.0 Å². The van der Waals surface area contributed by atoms with Gasteiger partial charge in [0.1, 0.15) is 36.7 Å². The van der Waals surface area contributed by atoms with E-state index in [9.17, 15) is 10.1 Å². The van der Waals surface area contributed by atoms with Gasteiger partial charge in [-0.25, -0.2) is 14.3 Å². The van der Waals surface area contributed by atoms with Crippen molar-refractivity contribution in [3.8, 4) is 6.07 Å². The molecule has 0 bridgehead atoms. The molecule has 1 aliphatic carbocycles.